The van der Waals surface area contributed by atoms with Crippen molar-refractivity contribution in [2.24, 2.45) is 10.8 Å². The van der Waals surface area contributed by atoms with Gasteiger partial charge < -0.3 is 0 Å². The zero-order valence-corrected chi connectivity index (χ0v) is 15.2. The molecule has 1 aromatic rings. The fourth-order valence-corrected chi connectivity index (χ4v) is 3.10. The highest BCUT2D eigenvalue weighted by molar-refractivity contribution is 7.38. The van der Waals surface area contributed by atoms with Crippen LogP contribution in [0.1, 0.15) is 52.7 Å². The fourth-order valence-electron chi connectivity index (χ4n) is 1.48. The Kier molecular flexibility index (Phi) is 7.90. The summed E-state index contributed by atoms with van der Waals surface area (Å²) in [5.41, 5.74) is 3.80. The number of hydrogen-bond donors (Lipinski definition) is 0. The van der Waals surface area contributed by atoms with Crippen molar-refractivity contribution in [1.29, 1.82) is 0 Å². The second-order valence-corrected chi connectivity index (χ2v) is 9.02. The van der Waals surface area contributed by atoms with Crippen LogP contribution in [-0.2, 0) is 0 Å². The molecular weight excluding hydrogens is 247 g/mol. The van der Waals surface area contributed by atoms with Crippen LogP contribution in [0.5, 0.6) is 0 Å². The van der Waals surface area contributed by atoms with Gasteiger partial charge >= 0.3 is 0 Å². The molecule has 0 heterocycles. The topological polar surface area (TPSA) is 0 Å². The minimum Gasteiger partial charge on any atom is -0.121 e. The third-order valence-corrected chi connectivity index (χ3v) is 5.36. The van der Waals surface area contributed by atoms with E-state index in [1.54, 1.807) is 0 Å². The van der Waals surface area contributed by atoms with Crippen molar-refractivity contribution in [3.05, 3.63) is 35.4 Å². The van der Waals surface area contributed by atoms with Crippen LogP contribution in [0.3, 0.4) is 0 Å². The van der Waals surface area contributed by atoms with Gasteiger partial charge in [-0.3, -0.25) is 0 Å². The van der Waals surface area contributed by atoms with Crippen LogP contribution in [0.15, 0.2) is 24.3 Å². The summed E-state index contributed by atoms with van der Waals surface area (Å²) in [6, 6.07) is 8.36. The molecule has 0 N–H and O–H groups in total. The second kappa shape index (κ2) is 8.05. The van der Waals surface area contributed by atoms with Gasteiger partial charge in [-0.2, -0.15) is 0 Å². The van der Waals surface area contributed by atoms with Gasteiger partial charge in [0.1, 0.15) is 0 Å². The van der Waals surface area contributed by atoms with Crippen molar-refractivity contribution < 1.29 is 0 Å². The maximum atomic E-state index is 2.32. The summed E-state index contributed by atoms with van der Waals surface area (Å²) in [5.74, 6) is 0. The Labute approximate surface area is 123 Å². The van der Waals surface area contributed by atoms with Gasteiger partial charge in [0.2, 0.25) is 0 Å². The molecule has 110 valence electrons. The minimum absolute atomic E-state index is 0.531. The molecule has 1 rings (SSSR count). The summed E-state index contributed by atoms with van der Waals surface area (Å²) in [6.45, 7) is 18.2. The molecule has 1 heteroatoms. The predicted octanol–water partition coefficient (Wildman–Crippen LogP) is 6.06. The Morgan fingerprint density at radius 1 is 0.737 bits per heavy atom. The molecule has 0 aliphatic heterocycles. The molecule has 0 atom stereocenters. The first-order valence-corrected chi connectivity index (χ1v) is 8.66. The molecule has 1 aromatic carbocycles. The van der Waals surface area contributed by atoms with Gasteiger partial charge in [0.15, 0.2) is 0 Å². The van der Waals surface area contributed by atoms with E-state index in [9.17, 15) is 0 Å². The van der Waals surface area contributed by atoms with Crippen molar-refractivity contribution in [2.75, 3.05) is 12.3 Å². The van der Waals surface area contributed by atoms with Crippen LogP contribution in [0.25, 0.3) is 0 Å². The van der Waals surface area contributed by atoms with Crippen LogP contribution in [0, 0.1) is 24.7 Å². The smallest absolute Gasteiger partial charge is 0.0304 e. The third kappa shape index (κ3) is 12.4. The van der Waals surface area contributed by atoms with Crippen LogP contribution in [-0.4, -0.2) is 12.3 Å². The summed E-state index contributed by atoms with van der Waals surface area (Å²) in [6.07, 6.45) is 2.76. The van der Waals surface area contributed by atoms with Crippen molar-refractivity contribution in [3.63, 3.8) is 0 Å². The van der Waals surface area contributed by atoms with Crippen molar-refractivity contribution in [2.45, 2.75) is 55.4 Å². The van der Waals surface area contributed by atoms with Crippen molar-refractivity contribution in [3.8, 4) is 0 Å². The lowest BCUT2D eigenvalue weighted by molar-refractivity contribution is 0.462. The summed E-state index contributed by atoms with van der Waals surface area (Å²) in [4.78, 5) is 0. The Hall–Kier alpha value is -0.350. The minimum atomic E-state index is 0.531. The summed E-state index contributed by atoms with van der Waals surface area (Å²) < 4.78 is 0. The lowest BCUT2D eigenvalue weighted by Crippen LogP contribution is -2.12. The summed E-state index contributed by atoms with van der Waals surface area (Å²) >= 11 is 0. The standard InChI is InChI=1S/C10H23P.C8H10/c1-9(2,3)7-11-8-10(4,5)6;1-7-5-3-4-6-8(7)2/h11H,7-8H2,1-6H3;3-6H,1-2H3. The zero-order valence-electron chi connectivity index (χ0n) is 14.2. The molecule has 0 aromatic heterocycles. The predicted molar refractivity (Wildman–Crippen MR) is 92.9 cm³/mol. The van der Waals surface area contributed by atoms with Crippen LogP contribution >= 0.6 is 8.58 Å². The SMILES string of the molecule is CC(C)(C)CPCC(C)(C)C.Cc1ccccc1C. The average molecular weight is 280 g/mol. The zero-order chi connectivity index (χ0) is 15.1. The molecule has 0 saturated carbocycles. The fraction of sp³-hybridized carbons (Fsp3) is 0.667. The lowest BCUT2D eigenvalue weighted by atomic mass is 10.0. The molecule has 0 bridgehead atoms. The molecule has 0 nitrogen and oxygen atoms in total. The molecule has 0 aliphatic carbocycles. The van der Waals surface area contributed by atoms with E-state index in [-0.39, 0.29) is 0 Å². The maximum absolute atomic E-state index is 2.32. The molecule has 0 spiro atoms. The largest absolute Gasteiger partial charge is 0.121 e. The molecular formula is C18H33P. The van der Waals surface area contributed by atoms with Crippen LogP contribution < -0.4 is 0 Å². The molecule has 19 heavy (non-hydrogen) atoms. The molecule has 0 aliphatic rings. The quantitative estimate of drug-likeness (QED) is 0.577. The highest BCUT2D eigenvalue weighted by atomic mass is 31.1. The van der Waals surface area contributed by atoms with E-state index in [0.717, 1.165) is 8.58 Å². The Balaban J connectivity index is 0.000000356. The average Bonchev–Trinajstić information content (AvgIpc) is 2.19. The van der Waals surface area contributed by atoms with E-state index < -0.39 is 0 Å². The lowest BCUT2D eigenvalue weighted by Gasteiger charge is -2.22. The van der Waals surface area contributed by atoms with Gasteiger partial charge in [-0.25, -0.2) is 0 Å². The molecule has 0 unspecified atom stereocenters. The normalized spacial score (nSPS) is 11.8. The third-order valence-electron chi connectivity index (χ3n) is 2.74. The van der Waals surface area contributed by atoms with E-state index in [4.69, 9.17) is 0 Å². The van der Waals surface area contributed by atoms with Gasteiger partial charge in [-0.15, -0.1) is 8.58 Å². The Bertz CT molecular complexity index is 318. The highest BCUT2D eigenvalue weighted by Gasteiger charge is 2.13. The number of hydrogen-bond acceptors (Lipinski definition) is 0. The van der Waals surface area contributed by atoms with E-state index in [0.29, 0.717) is 10.8 Å². The summed E-state index contributed by atoms with van der Waals surface area (Å²) in [7, 11) is 1.14. The maximum Gasteiger partial charge on any atom is -0.0304 e. The second-order valence-electron chi connectivity index (χ2n) is 7.81. The molecule has 0 amide bonds. The first-order chi connectivity index (χ1) is 8.51. The monoisotopic (exact) mass is 280 g/mol. The van der Waals surface area contributed by atoms with Crippen molar-refractivity contribution >= 4 is 8.58 Å². The van der Waals surface area contributed by atoms with E-state index in [1.807, 2.05) is 0 Å². The van der Waals surface area contributed by atoms with E-state index in [1.165, 1.54) is 23.5 Å². The number of rotatable bonds is 2. The molecule has 0 radical (unpaired) electrons. The first kappa shape index (κ1) is 18.7. The molecule has 0 saturated heterocycles. The summed E-state index contributed by atoms with van der Waals surface area (Å²) in [5, 5.41) is 0. The van der Waals surface area contributed by atoms with Gasteiger partial charge in [-0.05, 0) is 48.1 Å². The van der Waals surface area contributed by atoms with Gasteiger partial charge in [0.25, 0.3) is 0 Å². The first-order valence-electron chi connectivity index (χ1n) is 7.24. The number of aryl methyl sites for hydroxylation is 2. The highest BCUT2D eigenvalue weighted by Crippen LogP contribution is 2.30. The van der Waals surface area contributed by atoms with Crippen molar-refractivity contribution in [1.82, 2.24) is 0 Å². The van der Waals surface area contributed by atoms with Crippen LogP contribution in [0.2, 0.25) is 0 Å². The van der Waals surface area contributed by atoms with Gasteiger partial charge in [0, 0.05) is 0 Å². The van der Waals surface area contributed by atoms with E-state index >= 15 is 0 Å². The van der Waals surface area contributed by atoms with Gasteiger partial charge in [-0.1, -0.05) is 65.8 Å². The molecule has 0 fully saturated rings. The number of benzene rings is 1. The Morgan fingerprint density at radius 2 is 1.05 bits per heavy atom. The van der Waals surface area contributed by atoms with E-state index in [2.05, 4.69) is 79.7 Å². The Morgan fingerprint density at radius 3 is 1.26 bits per heavy atom. The van der Waals surface area contributed by atoms with Gasteiger partial charge in [0.05, 0.1) is 0 Å². The van der Waals surface area contributed by atoms with Crippen LogP contribution in [0.4, 0.5) is 0 Å².